The predicted molar refractivity (Wildman–Crippen MR) is 81.8 cm³/mol. The molecule has 0 radical (unpaired) electrons. The summed E-state index contributed by atoms with van der Waals surface area (Å²) >= 11 is -2.00. The molecule has 0 aliphatic rings. The molecule has 0 aliphatic carbocycles. The van der Waals surface area contributed by atoms with Gasteiger partial charge in [0, 0.05) is 18.1 Å². The second-order valence-electron chi connectivity index (χ2n) is 4.60. The van der Waals surface area contributed by atoms with Crippen molar-refractivity contribution in [3.8, 4) is 0 Å². The maximum atomic E-state index is 12.0. The van der Waals surface area contributed by atoms with E-state index in [1.54, 1.807) is 48.8 Å². The van der Waals surface area contributed by atoms with Crippen LogP contribution in [0, 0.1) is 0 Å². The Morgan fingerprint density at radius 3 is 2.70 bits per heavy atom. The number of hydrogen-bond donors (Lipinski definition) is 2. The first-order valence-electron chi connectivity index (χ1n) is 6.45. The molecule has 0 saturated carbocycles. The van der Waals surface area contributed by atoms with Crippen LogP contribution in [-0.2, 0) is 17.6 Å². The van der Waals surface area contributed by atoms with E-state index in [4.69, 9.17) is 8.97 Å². The first-order valence-corrected chi connectivity index (χ1v) is 7.56. The minimum Gasteiger partial charge on any atom is -1.00 e. The van der Waals surface area contributed by atoms with Crippen LogP contribution < -0.4 is 34.9 Å². The van der Waals surface area contributed by atoms with Gasteiger partial charge in [-0.05, 0) is 29.8 Å². The van der Waals surface area contributed by atoms with E-state index in [2.05, 4.69) is 10.3 Å². The number of aromatic nitrogens is 1. The number of hydrogen-bond acceptors (Lipinski definition) is 4. The summed E-state index contributed by atoms with van der Waals surface area (Å²) in [5.74, 6) is -0.109. The van der Waals surface area contributed by atoms with Gasteiger partial charge >= 0.3 is 29.6 Å². The number of benzene rings is 1. The Hall–Kier alpha value is -1.51. The molecule has 3 rings (SSSR count). The van der Waals surface area contributed by atoms with E-state index >= 15 is 0 Å². The first-order chi connectivity index (χ1) is 10.6. The van der Waals surface area contributed by atoms with E-state index in [1.165, 1.54) is 0 Å². The third kappa shape index (κ3) is 4.27. The minimum absolute atomic E-state index is 0. The van der Waals surface area contributed by atoms with Crippen molar-refractivity contribution in [1.82, 2.24) is 10.3 Å². The second-order valence-corrected chi connectivity index (χ2v) is 5.57. The molecule has 0 aliphatic heterocycles. The summed E-state index contributed by atoms with van der Waals surface area (Å²) in [7, 11) is 0. The van der Waals surface area contributed by atoms with E-state index in [0.717, 1.165) is 10.9 Å². The number of pyridine rings is 1. The van der Waals surface area contributed by atoms with Crippen LogP contribution >= 0.6 is 0 Å². The third-order valence-corrected chi connectivity index (χ3v) is 3.80. The molecular formula is C15H13N2NaO4S. The normalized spacial score (nSPS) is 11.7. The minimum atomic E-state index is -2.00. The third-order valence-electron chi connectivity index (χ3n) is 3.12. The molecule has 6 nitrogen and oxygen atoms in total. The van der Waals surface area contributed by atoms with E-state index in [-0.39, 0.29) is 42.7 Å². The van der Waals surface area contributed by atoms with Gasteiger partial charge in [0.15, 0.2) is 22.4 Å². The molecule has 8 heteroatoms. The molecule has 2 aromatic heterocycles. The van der Waals surface area contributed by atoms with Crippen LogP contribution in [0.25, 0.3) is 11.0 Å². The van der Waals surface area contributed by atoms with Crippen LogP contribution in [0.5, 0.6) is 0 Å². The van der Waals surface area contributed by atoms with Gasteiger partial charge < -0.3 is 15.7 Å². The summed E-state index contributed by atoms with van der Waals surface area (Å²) < 4.78 is 25.2. The molecule has 1 unspecified atom stereocenters. The zero-order valence-corrected chi connectivity index (χ0v) is 15.2. The van der Waals surface area contributed by atoms with Gasteiger partial charge in [-0.15, -0.1) is 0 Å². The van der Waals surface area contributed by atoms with E-state index in [0.29, 0.717) is 17.0 Å². The number of nitrogens with zero attached hydrogens (tertiary/aromatic N) is 1. The summed E-state index contributed by atoms with van der Waals surface area (Å²) in [6.45, 7) is 0.298. The Morgan fingerprint density at radius 1 is 1.30 bits per heavy atom. The van der Waals surface area contributed by atoms with Crippen molar-refractivity contribution in [3.63, 3.8) is 0 Å². The van der Waals surface area contributed by atoms with Crippen molar-refractivity contribution >= 4 is 28.0 Å². The average Bonchev–Trinajstić information content (AvgIpc) is 2.97. The molecule has 23 heavy (non-hydrogen) atoms. The van der Waals surface area contributed by atoms with Crippen LogP contribution in [-0.4, -0.2) is 19.7 Å². The monoisotopic (exact) mass is 340 g/mol. The molecule has 0 saturated heterocycles. The number of rotatable bonds is 4. The quantitative estimate of drug-likeness (QED) is 0.491. The summed E-state index contributed by atoms with van der Waals surface area (Å²) in [6.07, 6.45) is 3.19. The van der Waals surface area contributed by atoms with Crippen molar-refractivity contribution in [2.45, 2.75) is 11.4 Å². The van der Waals surface area contributed by atoms with Crippen molar-refractivity contribution in [1.29, 1.82) is 0 Å². The van der Waals surface area contributed by atoms with Crippen molar-refractivity contribution in [2.24, 2.45) is 0 Å². The van der Waals surface area contributed by atoms with Gasteiger partial charge in [-0.2, -0.15) is 0 Å². The summed E-state index contributed by atoms with van der Waals surface area (Å²) in [5.41, 5.74) is 1.38. The molecule has 0 bridgehead atoms. The fourth-order valence-electron chi connectivity index (χ4n) is 1.99. The van der Waals surface area contributed by atoms with Gasteiger partial charge in [0.1, 0.15) is 0 Å². The SMILES string of the molecule is O=C(NCc1ccc(S(=O)O)cc1)c1cc2ccncc2o1.[H-].[Na+]. The molecule has 0 fully saturated rings. The number of furan rings is 1. The van der Waals surface area contributed by atoms with Gasteiger partial charge in [0.2, 0.25) is 0 Å². The van der Waals surface area contributed by atoms with Crippen LogP contribution in [0.3, 0.4) is 0 Å². The average molecular weight is 340 g/mol. The molecule has 1 atom stereocenters. The van der Waals surface area contributed by atoms with E-state index in [9.17, 15) is 9.00 Å². The Bertz CT molecular complexity index is 821. The Labute approximate surface area is 158 Å². The largest absolute Gasteiger partial charge is 1.00 e. The molecule has 1 aromatic carbocycles. The summed E-state index contributed by atoms with van der Waals surface area (Å²) in [4.78, 5) is 16.3. The molecule has 2 heterocycles. The smallest absolute Gasteiger partial charge is 1.00 e. The zero-order chi connectivity index (χ0) is 15.5. The maximum Gasteiger partial charge on any atom is 1.00 e. The summed E-state index contributed by atoms with van der Waals surface area (Å²) in [5, 5.41) is 3.55. The van der Waals surface area contributed by atoms with Crippen LogP contribution in [0.1, 0.15) is 17.5 Å². The van der Waals surface area contributed by atoms with Crippen LogP contribution in [0.2, 0.25) is 0 Å². The van der Waals surface area contributed by atoms with Crippen molar-refractivity contribution in [2.75, 3.05) is 0 Å². The van der Waals surface area contributed by atoms with Gasteiger partial charge in [-0.1, -0.05) is 12.1 Å². The van der Waals surface area contributed by atoms with E-state index in [1.807, 2.05) is 0 Å². The molecular weight excluding hydrogens is 327 g/mol. The Balaban J connectivity index is 0.00000144. The molecule has 1 amide bonds. The Morgan fingerprint density at radius 2 is 2.04 bits per heavy atom. The fraction of sp³-hybridized carbons (Fsp3) is 0.0667. The topological polar surface area (TPSA) is 92.4 Å². The van der Waals surface area contributed by atoms with Crippen LogP contribution in [0.4, 0.5) is 0 Å². The molecule has 0 spiro atoms. The molecule has 2 N–H and O–H groups in total. The zero-order valence-electron chi connectivity index (χ0n) is 13.4. The molecule has 3 aromatic rings. The van der Waals surface area contributed by atoms with Crippen molar-refractivity contribution < 1.29 is 49.0 Å². The van der Waals surface area contributed by atoms with E-state index < -0.39 is 11.1 Å². The maximum absolute atomic E-state index is 12.0. The Kier molecular flexibility index (Phi) is 6.09. The number of carbonyl (C=O) groups excluding carboxylic acids is 1. The number of amides is 1. The number of carbonyl (C=O) groups is 1. The van der Waals surface area contributed by atoms with Gasteiger partial charge in [-0.25, -0.2) is 4.21 Å². The second kappa shape index (κ2) is 7.85. The molecule has 114 valence electrons. The van der Waals surface area contributed by atoms with Gasteiger partial charge in [-0.3, -0.25) is 9.78 Å². The van der Waals surface area contributed by atoms with Gasteiger partial charge in [0.05, 0.1) is 11.1 Å². The number of nitrogens with one attached hydrogen (secondary N) is 1. The predicted octanol–water partition coefficient (Wildman–Crippen LogP) is -0.545. The summed E-state index contributed by atoms with van der Waals surface area (Å²) in [6, 6.07) is 9.89. The first kappa shape index (κ1) is 17.8. The number of fused-ring (bicyclic) bond motifs is 1. The van der Waals surface area contributed by atoms with Crippen LogP contribution in [0.15, 0.2) is 58.1 Å². The standard InChI is InChI=1S/C15H12N2O4S.Na.H/c18-15(13-7-11-5-6-16-9-14(11)21-13)17-8-10-1-3-12(4-2-10)22(19)20;;/h1-7,9H,8H2,(H,17,18)(H,19,20);;/q;+1;-1. The fourth-order valence-corrected chi connectivity index (χ4v) is 2.36. The van der Waals surface area contributed by atoms with Crippen molar-refractivity contribution in [3.05, 3.63) is 60.1 Å². The van der Waals surface area contributed by atoms with Gasteiger partial charge in [0.25, 0.3) is 5.91 Å².